The fourth-order valence-electron chi connectivity index (χ4n) is 1.00. The van der Waals surface area contributed by atoms with Gasteiger partial charge in [0.1, 0.15) is 5.03 Å². The van der Waals surface area contributed by atoms with E-state index in [1.807, 2.05) is 12.3 Å². The number of halogens is 1. The molecule has 2 rings (SSSR count). The average molecular weight is 286 g/mol. The number of hydrogen-bond donors (Lipinski definition) is 0. The zero-order valence-electron chi connectivity index (χ0n) is 7.53. The molecule has 0 saturated heterocycles. The minimum absolute atomic E-state index is 1.03. The molecule has 0 spiro atoms. The molecule has 0 aliphatic rings. The van der Waals surface area contributed by atoms with E-state index in [4.69, 9.17) is 0 Å². The molecule has 0 fully saturated rings. The maximum Gasteiger partial charge on any atom is 0.116 e. The van der Waals surface area contributed by atoms with Gasteiger partial charge in [0.25, 0.3) is 0 Å². The molecule has 0 aliphatic heterocycles. The summed E-state index contributed by atoms with van der Waals surface area (Å²) in [5.74, 6) is 0. The molecule has 0 aromatic carbocycles. The number of hydrogen-bond acceptors (Lipinski definition) is 3. The first kappa shape index (κ1) is 10.2. The summed E-state index contributed by atoms with van der Waals surface area (Å²) < 4.78 is 2.36. The second kappa shape index (κ2) is 4.47. The molecule has 0 unspecified atom stereocenters. The molecule has 4 heteroatoms. The highest BCUT2D eigenvalue weighted by molar-refractivity contribution is 9.10. The van der Waals surface area contributed by atoms with Crippen LogP contribution in [-0.4, -0.2) is 4.98 Å². The molecule has 2 aromatic rings. The van der Waals surface area contributed by atoms with Gasteiger partial charge in [0, 0.05) is 6.20 Å². The number of nitrogens with zero attached hydrogens (tertiary/aromatic N) is 1. The van der Waals surface area contributed by atoms with Crippen LogP contribution in [0.1, 0.15) is 5.56 Å². The van der Waals surface area contributed by atoms with E-state index in [0.29, 0.717) is 0 Å². The normalized spacial score (nSPS) is 10.4. The molecule has 0 N–H and O–H groups in total. The topological polar surface area (TPSA) is 12.9 Å². The van der Waals surface area contributed by atoms with Crippen LogP contribution in [0.2, 0.25) is 0 Å². The molecule has 0 saturated carbocycles. The van der Waals surface area contributed by atoms with E-state index in [2.05, 4.69) is 45.4 Å². The van der Waals surface area contributed by atoms with Crippen molar-refractivity contribution in [3.8, 4) is 0 Å². The van der Waals surface area contributed by atoms with Crippen LogP contribution in [0.25, 0.3) is 0 Å². The highest BCUT2D eigenvalue weighted by Gasteiger charge is 2.06. The van der Waals surface area contributed by atoms with E-state index in [0.717, 1.165) is 9.50 Å². The number of thiophene rings is 1. The van der Waals surface area contributed by atoms with Gasteiger partial charge in [0.2, 0.25) is 0 Å². The summed E-state index contributed by atoms with van der Waals surface area (Å²) in [5.41, 5.74) is 1.22. The van der Waals surface area contributed by atoms with Gasteiger partial charge in [-0.3, -0.25) is 0 Å². The predicted octanol–water partition coefficient (Wildman–Crippen LogP) is 4.37. The number of rotatable bonds is 2. The zero-order valence-corrected chi connectivity index (χ0v) is 10.7. The molecule has 2 heterocycles. The Morgan fingerprint density at radius 3 is 3.00 bits per heavy atom. The molecule has 14 heavy (non-hydrogen) atoms. The molecule has 0 atom stereocenters. The zero-order chi connectivity index (χ0) is 9.97. The minimum atomic E-state index is 1.03. The summed E-state index contributed by atoms with van der Waals surface area (Å²) in [7, 11) is 0. The highest BCUT2D eigenvalue weighted by Crippen LogP contribution is 2.35. The Kier molecular flexibility index (Phi) is 3.26. The van der Waals surface area contributed by atoms with Crippen molar-refractivity contribution >= 4 is 39.0 Å². The first-order valence-electron chi connectivity index (χ1n) is 4.10. The molecule has 72 valence electrons. The SMILES string of the molecule is Cc1ccnc(Sc2cccs2)c1Br. The molecule has 1 nitrogen and oxygen atoms in total. The molecular weight excluding hydrogens is 278 g/mol. The Labute approximate surface area is 99.7 Å². The summed E-state index contributed by atoms with van der Waals surface area (Å²) in [6.45, 7) is 2.07. The van der Waals surface area contributed by atoms with E-state index in [1.54, 1.807) is 23.1 Å². The lowest BCUT2D eigenvalue weighted by atomic mass is 10.3. The van der Waals surface area contributed by atoms with Crippen LogP contribution >= 0.6 is 39.0 Å². The van der Waals surface area contributed by atoms with Crippen molar-refractivity contribution in [2.75, 3.05) is 0 Å². The first-order valence-corrected chi connectivity index (χ1v) is 6.59. The Morgan fingerprint density at radius 1 is 1.43 bits per heavy atom. The average Bonchev–Trinajstić information content (AvgIpc) is 2.66. The number of aromatic nitrogens is 1. The van der Waals surface area contributed by atoms with Crippen molar-refractivity contribution in [2.24, 2.45) is 0 Å². The third kappa shape index (κ3) is 2.19. The first-order chi connectivity index (χ1) is 6.77. The maximum absolute atomic E-state index is 4.34. The van der Waals surface area contributed by atoms with Crippen molar-refractivity contribution in [3.63, 3.8) is 0 Å². The van der Waals surface area contributed by atoms with Crippen LogP contribution in [-0.2, 0) is 0 Å². The molecule has 0 bridgehead atoms. The van der Waals surface area contributed by atoms with Gasteiger partial charge in [-0.15, -0.1) is 11.3 Å². The van der Waals surface area contributed by atoms with E-state index in [1.165, 1.54) is 9.77 Å². The van der Waals surface area contributed by atoms with Crippen molar-refractivity contribution in [1.82, 2.24) is 4.98 Å². The number of aryl methyl sites for hydroxylation is 1. The second-order valence-electron chi connectivity index (χ2n) is 2.78. The minimum Gasteiger partial charge on any atom is -0.248 e. The lowest BCUT2D eigenvalue weighted by molar-refractivity contribution is 1.09. The third-order valence-electron chi connectivity index (χ3n) is 1.74. The molecule has 0 radical (unpaired) electrons. The van der Waals surface area contributed by atoms with Crippen molar-refractivity contribution in [2.45, 2.75) is 16.2 Å². The molecule has 0 aliphatic carbocycles. The van der Waals surface area contributed by atoms with Crippen LogP contribution in [0.4, 0.5) is 0 Å². The molecular formula is C10H8BrNS2. The van der Waals surface area contributed by atoms with Crippen molar-refractivity contribution < 1.29 is 0 Å². The quantitative estimate of drug-likeness (QED) is 0.813. The van der Waals surface area contributed by atoms with Crippen LogP contribution in [0, 0.1) is 6.92 Å². The number of pyridine rings is 1. The van der Waals surface area contributed by atoms with Gasteiger partial charge >= 0.3 is 0 Å². The van der Waals surface area contributed by atoms with E-state index >= 15 is 0 Å². The van der Waals surface area contributed by atoms with Gasteiger partial charge in [0.15, 0.2) is 0 Å². The predicted molar refractivity (Wildman–Crippen MR) is 65.1 cm³/mol. The Balaban J connectivity index is 2.29. The van der Waals surface area contributed by atoms with E-state index in [9.17, 15) is 0 Å². The van der Waals surface area contributed by atoms with Crippen LogP contribution in [0.3, 0.4) is 0 Å². The summed E-state index contributed by atoms with van der Waals surface area (Å²) in [6.07, 6.45) is 1.84. The third-order valence-corrected chi connectivity index (χ3v) is 5.05. The molecule has 0 amide bonds. The van der Waals surface area contributed by atoms with E-state index in [-0.39, 0.29) is 0 Å². The van der Waals surface area contributed by atoms with Gasteiger partial charge in [-0.1, -0.05) is 17.8 Å². The van der Waals surface area contributed by atoms with Gasteiger partial charge in [0.05, 0.1) is 8.68 Å². The van der Waals surface area contributed by atoms with Crippen LogP contribution < -0.4 is 0 Å². The summed E-state index contributed by atoms with van der Waals surface area (Å²) in [4.78, 5) is 4.34. The lowest BCUT2D eigenvalue weighted by Gasteiger charge is -2.03. The van der Waals surface area contributed by atoms with Crippen molar-refractivity contribution in [1.29, 1.82) is 0 Å². The largest absolute Gasteiger partial charge is 0.248 e. The second-order valence-corrected chi connectivity index (χ2v) is 5.81. The van der Waals surface area contributed by atoms with Crippen LogP contribution in [0.15, 0.2) is 43.5 Å². The fourth-order valence-corrected chi connectivity index (χ4v) is 3.23. The Hall–Kier alpha value is -0.320. The Morgan fingerprint density at radius 2 is 2.29 bits per heavy atom. The van der Waals surface area contributed by atoms with Gasteiger partial charge in [-0.25, -0.2) is 4.98 Å². The highest BCUT2D eigenvalue weighted by atomic mass is 79.9. The fraction of sp³-hybridized carbons (Fsp3) is 0.100. The maximum atomic E-state index is 4.34. The molecule has 2 aromatic heterocycles. The van der Waals surface area contributed by atoms with Gasteiger partial charge in [-0.2, -0.15) is 0 Å². The van der Waals surface area contributed by atoms with E-state index < -0.39 is 0 Å². The van der Waals surface area contributed by atoms with Crippen molar-refractivity contribution in [3.05, 3.63) is 39.8 Å². The summed E-state index contributed by atoms with van der Waals surface area (Å²) in [5, 5.41) is 3.11. The lowest BCUT2D eigenvalue weighted by Crippen LogP contribution is -1.83. The monoisotopic (exact) mass is 285 g/mol. The van der Waals surface area contributed by atoms with Gasteiger partial charge in [-0.05, 0) is 45.9 Å². The smallest absolute Gasteiger partial charge is 0.116 e. The van der Waals surface area contributed by atoms with Crippen LogP contribution in [0.5, 0.6) is 0 Å². The summed E-state index contributed by atoms with van der Waals surface area (Å²) in [6, 6.07) is 6.16. The van der Waals surface area contributed by atoms with Gasteiger partial charge < -0.3 is 0 Å². The Bertz CT molecular complexity index is 426. The summed E-state index contributed by atoms with van der Waals surface area (Å²) >= 11 is 6.98. The standard InChI is InChI=1S/C10H8BrNS2/c1-7-4-5-12-10(9(7)11)14-8-3-2-6-13-8/h2-6H,1H3.